The number of halogens is 3. The lowest BCUT2D eigenvalue weighted by molar-refractivity contribution is 0.0359. The molecule has 4 rings (SSSR count). The molecule has 0 atom stereocenters. The van der Waals surface area contributed by atoms with Gasteiger partial charge in [-0.05, 0) is 62.7 Å². The van der Waals surface area contributed by atoms with E-state index in [1.54, 1.807) is 20.8 Å². The van der Waals surface area contributed by atoms with Crippen LogP contribution in [0.15, 0.2) is 47.4 Å². The third-order valence-electron chi connectivity index (χ3n) is 5.72. The van der Waals surface area contributed by atoms with Crippen molar-refractivity contribution in [2.45, 2.75) is 37.3 Å². The minimum absolute atomic E-state index is 0.108. The van der Waals surface area contributed by atoms with Crippen LogP contribution in [0.2, 0.25) is 5.02 Å². The summed E-state index contributed by atoms with van der Waals surface area (Å²) in [7, 11) is -4.72. The van der Waals surface area contributed by atoms with Crippen LogP contribution in [-0.4, -0.2) is 55.2 Å². The molecule has 40 heavy (non-hydrogen) atoms. The molecule has 1 aliphatic rings. The number of anilines is 1. The SMILES string of the molecule is CC(C)(C)OC(=O)NC1CN(C(=O)c2cc(Cl)c(O)c(S(=O)(=O)Nc3cc(-c4cc#ccc4)c(F)cc3F)c2)C1. The van der Waals surface area contributed by atoms with Gasteiger partial charge in [-0.2, -0.15) is 0 Å². The molecule has 3 aromatic carbocycles. The zero-order chi connectivity index (χ0) is 29.4. The first-order chi connectivity index (χ1) is 18.6. The standard InChI is InChI=1S/C27H24ClF2N3O6S/c1-27(2,3)39-26(36)31-17-13-33(14-17)25(35)16-9-19(28)24(34)23(10-16)40(37,38)32-22-11-18(20(29)12-21(22)30)15-7-5-4-6-8-15/h5,7-12,17,32,34H,13-14H2,1-3H3,(H,31,36). The Bertz CT molecular complexity index is 1570. The Morgan fingerprint density at radius 1 is 1.12 bits per heavy atom. The van der Waals surface area contributed by atoms with Crippen LogP contribution in [-0.2, 0) is 14.8 Å². The number of likely N-dealkylation sites (tertiary alicyclic amines) is 1. The summed E-state index contributed by atoms with van der Waals surface area (Å²) in [4.78, 5) is 25.5. The zero-order valence-corrected chi connectivity index (χ0v) is 23.1. The number of carbonyl (C=O) groups excluding carboxylic acids is 2. The second kappa shape index (κ2) is 10.8. The molecule has 13 heteroatoms. The smallest absolute Gasteiger partial charge is 0.407 e. The number of sulfonamides is 1. The highest BCUT2D eigenvalue weighted by Crippen LogP contribution is 2.35. The number of rotatable bonds is 6. The topological polar surface area (TPSA) is 125 Å². The van der Waals surface area contributed by atoms with Crippen LogP contribution in [0.3, 0.4) is 0 Å². The average molecular weight is 592 g/mol. The highest BCUT2D eigenvalue weighted by molar-refractivity contribution is 7.92. The van der Waals surface area contributed by atoms with Gasteiger partial charge in [0.05, 0.1) is 16.8 Å². The lowest BCUT2D eigenvalue weighted by Crippen LogP contribution is -2.61. The number of hydrogen-bond acceptors (Lipinski definition) is 6. The number of phenols is 1. The number of ether oxygens (including phenoxy) is 1. The number of carbonyl (C=O) groups is 2. The predicted molar refractivity (Wildman–Crippen MR) is 142 cm³/mol. The molecule has 1 aliphatic heterocycles. The molecule has 0 spiro atoms. The van der Waals surface area contributed by atoms with E-state index < -0.39 is 60.6 Å². The Balaban J connectivity index is 1.55. The van der Waals surface area contributed by atoms with Crippen LogP contribution >= 0.6 is 11.6 Å². The van der Waals surface area contributed by atoms with Crippen LogP contribution in [0, 0.1) is 23.8 Å². The monoisotopic (exact) mass is 591 g/mol. The maximum Gasteiger partial charge on any atom is 0.407 e. The Labute approximate surface area is 234 Å². The number of amides is 2. The minimum Gasteiger partial charge on any atom is -0.505 e. The number of benzene rings is 2. The molecule has 9 nitrogen and oxygen atoms in total. The van der Waals surface area contributed by atoms with E-state index >= 15 is 0 Å². The fourth-order valence-corrected chi connectivity index (χ4v) is 5.34. The van der Waals surface area contributed by atoms with E-state index in [2.05, 4.69) is 17.4 Å². The normalized spacial score (nSPS) is 13.7. The minimum atomic E-state index is -4.72. The number of hydrogen-bond donors (Lipinski definition) is 3. The molecule has 0 aliphatic carbocycles. The van der Waals surface area contributed by atoms with Gasteiger partial charge < -0.3 is 20.1 Å². The van der Waals surface area contributed by atoms with Crippen molar-refractivity contribution in [3.8, 4) is 16.9 Å². The fraction of sp³-hybridized carbons (Fsp3) is 0.259. The molecular weight excluding hydrogens is 568 g/mol. The molecule has 0 radical (unpaired) electrons. The third kappa shape index (κ3) is 6.38. The van der Waals surface area contributed by atoms with Crippen LogP contribution in [0.1, 0.15) is 31.1 Å². The summed E-state index contributed by atoms with van der Waals surface area (Å²) in [6.07, 6.45) is -0.642. The lowest BCUT2D eigenvalue weighted by atomic mass is 10.1. The van der Waals surface area contributed by atoms with Crippen LogP contribution < -0.4 is 10.0 Å². The number of phenolic OH excluding ortho intramolecular Hbond substituents is 1. The van der Waals surface area contributed by atoms with Crippen molar-refractivity contribution in [1.82, 2.24) is 10.2 Å². The quantitative estimate of drug-likeness (QED) is 0.380. The number of nitrogens with one attached hydrogen (secondary N) is 2. The molecule has 210 valence electrons. The van der Waals surface area contributed by atoms with Gasteiger partial charge in [-0.3, -0.25) is 9.52 Å². The first-order valence-corrected chi connectivity index (χ1v) is 13.7. The van der Waals surface area contributed by atoms with Gasteiger partial charge in [0.25, 0.3) is 15.9 Å². The summed E-state index contributed by atoms with van der Waals surface area (Å²) in [6, 6.07) is 12.7. The molecule has 0 unspecified atom stereocenters. The van der Waals surface area contributed by atoms with Gasteiger partial charge >= 0.3 is 6.09 Å². The Hall–Kier alpha value is -4.08. The summed E-state index contributed by atoms with van der Waals surface area (Å²) < 4.78 is 62.6. The van der Waals surface area contributed by atoms with Gasteiger partial charge in [-0.1, -0.05) is 23.7 Å². The molecule has 0 saturated carbocycles. The second-order valence-corrected chi connectivity index (χ2v) is 12.1. The molecule has 1 fully saturated rings. The van der Waals surface area contributed by atoms with E-state index in [1.165, 1.54) is 23.1 Å². The Morgan fingerprint density at radius 3 is 2.45 bits per heavy atom. The first-order valence-electron chi connectivity index (χ1n) is 11.9. The Morgan fingerprint density at radius 2 is 1.82 bits per heavy atom. The number of nitrogens with zero attached hydrogens (tertiary/aromatic N) is 1. The summed E-state index contributed by atoms with van der Waals surface area (Å²) >= 11 is 6.04. The maximum atomic E-state index is 14.6. The van der Waals surface area contributed by atoms with Gasteiger partial charge in [0.2, 0.25) is 0 Å². The van der Waals surface area contributed by atoms with E-state index in [4.69, 9.17) is 16.3 Å². The van der Waals surface area contributed by atoms with Crippen molar-refractivity contribution in [3.05, 3.63) is 76.8 Å². The summed E-state index contributed by atoms with van der Waals surface area (Å²) in [6.45, 7) is 5.37. The van der Waals surface area contributed by atoms with Crippen molar-refractivity contribution in [1.29, 1.82) is 0 Å². The summed E-state index contributed by atoms with van der Waals surface area (Å²) in [5.74, 6) is -3.63. The fourth-order valence-electron chi connectivity index (χ4n) is 3.86. The number of alkyl carbamates (subject to hydrolysis) is 1. The van der Waals surface area contributed by atoms with Crippen molar-refractivity contribution in [3.63, 3.8) is 0 Å². The van der Waals surface area contributed by atoms with Crippen LogP contribution in [0.5, 0.6) is 5.75 Å². The third-order valence-corrected chi connectivity index (χ3v) is 7.39. The highest BCUT2D eigenvalue weighted by atomic mass is 35.5. The largest absolute Gasteiger partial charge is 0.505 e. The molecule has 2 amide bonds. The summed E-state index contributed by atoms with van der Waals surface area (Å²) in [5, 5.41) is 12.6. The zero-order valence-electron chi connectivity index (χ0n) is 21.5. The van der Waals surface area contributed by atoms with Crippen molar-refractivity contribution < 1.29 is 36.6 Å². The van der Waals surface area contributed by atoms with E-state index in [1.807, 2.05) is 4.72 Å². The van der Waals surface area contributed by atoms with Gasteiger partial charge in [-0.25, -0.2) is 22.0 Å². The molecule has 1 saturated heterocycles. The maximum absolute atomic E-state index is 14.6. The molecule has 3 N–H and O–H groups in total. The van der Waals surface area contributed by atoms with Crippen LogP contribution in [0.4, 0.5) is 19.3 Å². The number of aromatic hydroxyl groups is 1. The predicted octanol–water partition coefficient (Wildman–Crippen LogP) is 4.74. The van der Waals surface area contributed by atoms with E-state index in [9.17, 15) is 31.9 Å². The van der Waals surface area contributed by atoms with E-state index in [-0.39, 0.29) is 30.3 Å². The van der Waals surface area contributed by atoms with E-state index in [0.717, 1.165) is 18.2 Å². The van der Waals surface area contributed by atoms with Gasteiger partial charge in [0.1, 0.15) is 22.1 Å². The first kappa shape index (κ1) is 28.9. The van der Waals surface area contributed by atoms with Crippen molar-refractivity contribution in [2.75, 3.05) is 17.8 Å². The summed E-state index contributed by atoms with van der Waals surface area (Å²) in [5.41, 5.74) is -1.28. The van der Waals surface area contributed by atoms with Gasteiger partial charge in [0, 0.05) is 30.3 Å². The van der Waals surface area contributed by atoms with Crippen molar-refractivity contribution >= 4 is 39.3 Å². The van der Waals surface area contributed by atoms with Crippen molar-refractivity contribution in [2.24, 2.45) is 0 Å². The van der Waals surface area contributed by atoms with Gasteiger partial charge in [0.15, 0.2) is 5.75 Å². The molecule has 1 heterocycles. The van der Waals surface area contributed by atoms with Gasteiger partial charge in [-0.15, -0.1) is 0 Å². The molecule has 0 bridgehead atoms. The molecule has 3 aromatic rings. The Kier molecular flexibility index (Phi) is 7.83. The lowest BCUT2D eigenvalue weighted by Gasteiger charge is -2.39. The average Bonchev–Trinajstić information content (AvgIpc) is 2.83. The highest BCUT2D eigenvalue weighted by Gasteiger charge is 2.35. The van der Waals surface area contributed by atoms with E-state index in [0.29, 0.717) is 11.6 Å². The van der Waals surface area contributed by atoms with Crippen LogP contribution in [0.25, 0.3) is 11.1 Å². The second-order valence-electron chi connectivity index (χ2n) is 10.00. The molecule has 0 aromatic heterocycles. The molecular formula is C27H24ClF2N3O6S.